The van der Waals surface area contributed by atoms with Crippen molar-refractivity contribution in [3.63, 3.8) is 0 Å². The molecule has 1 atom stereocenters. The van der Waals surface area contributed by atoms with Crippen molar-refractivity contribution in [1.29, 1.82) is 0 Å². The van der Waals surface area contributed by atoms with Crippen LogP contribution in [-0.4, -0.2) is 20.5 Å². The molecule has 1 unspecified atom stereocenters. The molecule has 0 aromatic carbocycles. The van der Waals surface area contributed by atoms with Gasteiger partial charge in [0.05, 0.1) is 5.31 Å². The monoisotopic (exact) mass is 258 g/mol. The molecule has 5 heteroatoms. The largest absolute Gasteiger partial charge is 0.360 e. The summed E-state index contributed by atoms with van der Waals surface area (Å²) in [5.41, 5.74) is 1.78. The number of aldehydes is 1. The molecular weight excluding hydrogens is 239 g/mol. The summed E-state index contributed by atoms with van der Waals surface area (Å²) in [6.07, 6.45) is 4.23. The molecule has 0 bridgehead atoms. The molecule has 1 aliphatic rings. The number of rotatable bonds is 4. The molecule has 0 aromatic heterocycles. The van der Waals surface area contributed by atoms with Crippen LogP contribution in [0.15, 0.2) is 22.5 Å². The summed E-state index contributed by atoms with van der Waals surface area (Å²) in [6, 6.07) is 0. The van der Waals surface area contributed by atoms with Gasteiger partial charge >= 0.3 is 7.60 Å². The molecule has 0 amide bonds. The second-order valence-corrected chi connectivity index (χ2v) is 6.39. The Bertz CT molecular complexity index is 397. The normalized spacial score (nSPS) is 21.1. The predicted molar refractivity (Wildman–Crippen MR) is 66.9 cm³/mol. The van der Waals surface area contributed by atoms with Gasteiger partial charge in [-0.2, -0.15) is 0 Å². The Morgan fingerprint density at radius 1 is 1.41 bits per heavy atom. The summed E-state index contributed by atoms with van der Waals surface area (Å²) in [6.45, 7) is 3.81. The van der Waals surface area contributed by atoms with E-state index in [2.05, 4.69) is 0 Å². The minimum absolute atomic E-state index is 0.210. The first-order valence-electron chi connectivity index (χ1n) is 5.55. The summed E-state index contributed by atoms with van der Waals surface area (Å²) in [5, 5.41) is 0.547. The van der Waals surface area contributed by atoms with Crippen LogP contribution in [0.1, 0.15) is 26.7 Å². The Morgan fingerprint density at radius 3 is 2.41 bits per heavy atom. The fourth-order valence-corrected chi connectivity index (χ4v) is 3.72. The third-order valence-corrected chi connectivity index (χ3v) is 4.92. The minimum Gasteiger partial charge on any atom is -0.309 e. The maximum Gasteiger partial charge on any atom is 0.360 e. The van der Waals surface area contributed by atoms with Crippen molar-refractivity contribution < 1.29 is 18.4 Å². The molecule has 0 radical (unpaired) electrons. The van der Waals surface area contributed by atoms with Crippen molar-refractivity contribution in [3.8, 4) is 0 Å². The predicted octanol–water partition coefficient (Wildman–Crippen LogP) is 3.30. The van der Waals surface area contributed by atoms with E-state index in [0.29, 0.717) is 11.7 Å². The van der Waals surface area contributed by atoms with Gasteiger partial charge in [0.1, 0.15) is 6.29 Å². The van der Waals surface area contributed by atoms with Crippen molar-refractivity contribution in [2.24, 2.45) is 5.92 Å². The van der Waals surface area contributed by atoms with Gasteiger partial charge in [0.2, 0.25) is 0 Å². The zero-order valence-corrected chi connectivity index (χ0v) is 11.6. The van der Waals surface area contributed by atoms with Gasteiger partial charge in [0.15, 0.2) is 0 Å². The van der Waals surface area contributed by atoms with E-state index < -0.39 is 7.60 Å². The van der Waals surface area contributed by atoms with Crippen LogP contribution >= 0.6 is 7.60 Å². The summed E-state index contributed by atoms with van der Waals surface area (Å²) < 4.78 is 22.4. The smallest absolute Gasteiger partial charge is 0.309 e. The molecule has 0 spiro atoms. The lowest BCUT2D eigenvalue weighted by atomic mass is 9.87. The fourth-order valence-electron chi connectivity index (χ4n) is 2.14. The second kappa shape index (κ2) is 5.76. The average molecular weight is 258 g/mol. The molecular formula is C12H19O4P. The van der Waals surface area contributed by atoms with Crippen LogP contribution in [0, 0.1) is 5.92 Å². The number of allylic oxidation sites excluding steroid dienone is 4. The van der Waals surface area contributed by atoms with Crippen LogP contribution in [-0.2, 0) is 18.4 Å². The lowest BCUT2D eigenvalue weighted by Gasteiger charge is -2.27. The fraction of sp³-hybridized carbons (Fsp3) is 0.583. The summed E-state index contributed by atoms with van der Waals surface area (Å²) in [5.74, 6) is -0.210. The molecule has 0 saturated heterocycles. The zero-order valence-electron chi connectivity index (χ0n) is 10.7. The van der Waals surface area contributed by atoms with Gasteiger partial charge in [-0.05, 0) is 32.3 Å². The van der Waals surface area contributed by atoms with Crippen molar-refractivity contribution in [1.82, 2.24) is 0 Å². The van der Waals surface area contributed by atoms with Crippen LogP contribution in [0.5, 0.6) is 0 Å². The molecule has 1 aliphatic carbocycles. The summed E-state index contributed by atoms with van der Waals surface area (Å²) in [4.78, 5) is 11.1. The Balaban J connectivity index is 3.31. The maximum atomic E-state index is 12.4. The first-order valence-corrected chi connectivity index (χ1v) is 7.09. The van der Waals surface area contributed by atoms with Gasteiger partial charge in [0.25, 0.3) is 0 Å². The van der Waals surface area contributed by atoms with Gasteiger partial charge < -0.3 is 13.8 Å². The van der Waals surface area contributed by atoms with Crippen LogP contribution in [0.25, 0.3) is 0 Å². The van der Waals surface area contributed by atoms with E-state index in [4.69, 9.17) is 9.05 Å². The van der Waals surface area contributed by atoms with Crippen LogP contribution in [0.4, 0.5) is 0 Å². The number of carbonyl (C=O) groups is 1. The van der Waals surface area contributed by atoms with E-state index in [9.17, 15) is 9.36 Å². The lowest BCUT2D eigenvalue weighted by Crippen LogP contribution is -2.14. The minimum atomic E-state index is -3.27. The molecule has 96 valence electrons. The van der Waals surface area contributed by atoms with Crippen molar-refractivity contribution in [3.05, 3.63) is 22.5 Å². The molecule has 0 aliphatic heterocycles. The van der Waals surface area contributed by atoms with E-state index in [0.717, 1.165) is 23.9 Å². The quantitative estimate of drug-likeness (QED) is 0.573. The van der Waals surface area contributed by atoms with Crippen LogP contribution < -0.4 is 0 Å². The molecule has 1 rings (SSSR count). The van der Waals surface area contributed by atoms with Gasteiger partial charge in [-0.1, -0.05) is 11.6 Å². The van der Waals surface area contributed by atoms with Crippen LogP contribution in [0.2, 0.25) is 0 Å². The maximum absolute atomic E-state index is 12.4. The van der Waals surface area contributed by atoms with Crippen molar-refractivity contribution >= 4 is 13.9 Å². The molecule has 0 aromatic rings. The van der Waals surface area contributed by atoms with Gasteiger partial charge in [0, 0.05) is 20.1 Å². The van der Waals surface area contributed by atoms with E-state index >= 15 is 0 Å². The highest BCUT2D eigenvalue weighted by atomic mass is 31.2. The molecule has 0 fully saturated rings. The molecule has 0 saturated carbocycles. The topological polar surface area (TPSA) is 52.6 Å². The molecule has 4 nitrogen and oxygen atoms in total. The highest BCUT2D eigenvalue weighted by Crippen LogP contribution is 2.60. The van der Waals surface area contributed by atoms with Crippen LogP contribution in [0.3, 0.4) is 0 Å². The Labute approximate surface area is 102 Å². The summed E-state index contributed by atoms with van der Waals surface area (Å²) >= 11 is 0. The van der Waals surface area contributed by atoms with E-state index in [-0.39, 0.29) is 5.92 Å². The number of hydrogen-bond donors (Lipinski definition) is 0. The third-order valence-electron chi connectivity index (χ3n) is 2.94. The lowest BCUT2D eigenvalue weighted by molar-refractivity contribution is -0.110. The van der Waals surface area contributed by atoms with Gasteiger partial charge in [-0.3, -0.25) is 4.57 Å². The Hall–Kier alpha value is -0.700. The van der Waals surface area contributed by atoms with E-state index in [1.165, 1.54) is 14.2 Å². The van der Waals surface area contributed by atoms with Gasteiger partial charge in [-0.25, -0.2) is 0 Å². The molecule has 17 heavy (non-hydrogen) atoms. The van der Waals surface area contributed by atoms with Gasteiger partial charge in [-0.15, -0.1) is 0 Å². The zero-order chi connectivity index (χ0) is 13.1. The third kappa shape index (κ3) is 2.76. The number of hydrogen-bond acceptors (Lipinski definition) is 4. The SMILES string of the molecule is COP(=O)(OC)C1=CCCC(C=O)C1=C(C)C. The highest BCUT2D eigenvalue weighted by Gasteiger charge is 2.35. The first kappa shape index (κ1) is 14.4. The average Bonchev–Trinajstić information content (AvgIpc) is 2.36. The van der Waals surface area contributed by atoms with E-state index in [1.807, 2.05) is 19.9 Å². The van der Waals surface area contributed by atoms with Crippen molar-refractivity contribution in [2.75, 3.05) is 14.2 Å². The Kier molecular flexibility index (Phi) is 4.87. The first-order chi connectivity index (χ1) is 8.00. The number of carbonyl (C=O) groups excluding carboxylic acids is 1. The molecule has 0 N–H and O–H groups in total. The molecule has 0 heterocycles. The summed E-state index contributed by atoms with van der Waals surface area (Å²) in [7, 11) is -0.554. The van der Waals surface area contributed by atoms with Crippen molar-refractivity contribution in [2.45, 2.75) is 26.7 Å². The van der Waals surface area contributed by atoms with E-state index in [1.54, 1.807) is 0 Å². The standard InChI is InChI=1S/C12H19O4P/c1-9(2)12-10(8-13)6-5-7-11(12)17(14,15-3)16-4/h7-8,10H,5-6H2,1-4H3. The second-order valence-electron chi connectivity index (χ2n) is 4.19. The Morgan fingerprint density at radius 2 is 2.00 bits per heavy atom. The highest BCUT2D eigenvalue weighted by molar-refractivity contribution is 7.58.